The number of rotatable bonds is 10. The van der Waals surface area contributed by atoms with Gasteiger partial charge in [-0.2, -0.15) is 0 Å². The van der Waals surface area contributed by atoms with E-state index in [0.29, 0.717) is 29.9 Å². The number of methoxy groups -OCH3 is 1. The smallest absolute Gasteiger partial charge is 0.337 e. The number of carbonyl (C=O) groups excluding carboxylic acids is 1. The predicted molar refractivity (Wildman–Crippen MR) is 166 cm³/mol. The minimum atomic E-state index is -0.344. The van der Waals surface area contributed by atoms with Gasteiger partial charge in [0.1, 0.15) is 12.4 Å². The van der Waals surface area contributed by atoms with E-state index in [-0.39, 0.29) is 12.1 Å². The average Bonchev–Trinajstić information content (AvgIpc) is 3.33. The quantitative estimate of drug-likeness (QED) is 0.209. The standard InChI is InChI=1S/C34H37ClN4O5/c1-41-34(40)24-7-8-30-31(16-24)39(17-27-11-14-43-27)32(36-30)18-38-12-9-22(10-13-38)29-3-2-4-33(37-29)44-21-25-6-5-23(15-28(25)35)26-19-42-20-26/h2-8,15-16,22,26-27H,9-14,17-21H2,1H3/t27-/m0/s1. The van der Waals surface area contributed by atoms with E-state index in [1.54, 1.807) is 6.07 Å². The first-order valence-corrected chi connectivity index (χ1v) is 15.8. The predicted octanol–water partition coefficient (Wildman–Crippen LogP) is 5.73. The topological polar surface area (TPSA) is 87.9 Å². The number of hydrogen-bond acceptors (Lipinski definition) is 8. The number of hydrogen-bond donors (Lipinski definition) is 0. The maximum atomic E-state index is 12.2. The van der Waals surface area contributed by atoms with E-state index < -0.39 is 0 Å². The summed E-state index contributed by atoms with van der Waals surface area (Å²) in [4.78, 5) is 24.5. The third kappa shape index (κ3) is 6.19. The molecule has 0 spiro atoms. The van der Waals surface area contributed by atoms with Crippen LogP contribution in [0.2, 0.25) is 5.02 Å². The zero-order valence-electron chi connectivity index (χ0n) is 24.9. The number of fused-ring (bicyclic) bond motifs is 1. The van der Waals surface area contributed by atoms with E-state index in [1.165, 1.54) is 12.7 Å². The summed E-state index contributed by atoms with van der Waals surface area (Å²) in [7, 11) is 1.40. The summed E-state index contributed by atoms with van der Waals surface area (Å²) in [5, 5.41) is 0.718. The van der Waals surface area contributed by atoms with E-state index in [0.717, 1.165) is 98.4 Å². The van der Waals surface area contributed by atoms with Crippen molar-refractivity contribution >= 4 is 28.6 Å². The van der Waals surface area contributed by atoms with Crippen molar-refractivity contribution in [2.75, 3.05) is 40.0 Å². The van der Waals surface area contributed by atoms with Crippen molar-refractivity contribution in [1.82, 2.24) is 19.4 Å². The Morgan fingerprint density at radius 2 is 1.86 bits per heavy atom. The number of imidazole rings is 1. The summed E-state index contributed by atoms with van der Waals surface area (Å²) in [5.41, 5.74) is 5.59. The first-order chi connectivity index (χ1) is 21.5. The molecule has 9 nitrogen and oxygen atoms in total. The molecule has 0 amide bonds. The SMILES string of the molecule is COC(=O)c1ccc2nc(CN3CCC(c4cccc(OCc5ccc(C6COC6)cc5Cl)n4)CC3)n(C[C@@H]3CCO3)c2c1. The summed E-state index contributed by atoms with van der Waals surface area (Å²) >= 11 is 6.56. The maximum Gasteiger partial charge on any atom is 0.337 e. The number of carbonyl (C=O) groups is 1. The number of esters is 1. The van der Waals surface area contributed by atoms with Crippen LogP contribution in [-0.2, 0) is 33.9 Å². The number of nitrogens with zero attached hydrogens (tertiary/aromatic N) is 4. The summed E-state index contributed by atoms with van der Waals surface area (Å²) in [5.74, 6) is 2.08. The number of ether oxygens (including phenoxy) is 4. The lowest BCUT2D eigenvalue weighted by Gasteiger charge is -2.32. The molecule has 3 fully saturated rings. The molecule has 2 aromatic heterocycles. The van der Waals surface area contributed by atoms with Gasteiger partial charge in [0.25, 0.3) is 0 Å². The van der Waals surface area contributed by atoms with Gasteiger partial charge in [0.05, 0.1) is 56.1 Å². The third-order valence-corrected chi connectivity index (χ3v) is 9.46. The van der Waals surface area contributed by atoms with Gasteiger partial charge < -0.3 is 23.5 Å². The molecule has 3 saturated heterocycles. The van der Waals surface area contributed by atoms with E-state index in [2.05, 4.69) is 21.6 Å². The van der Waals surface area contributed by atoms with Crippen molar-refractivity contribution in [3.05, 3.63) is 87.8 Å². The molecular formula is C34H37ClN4O5. The molecule has 0 aliphatic carbocycles. The highest BCUT2D eigenvalue weighted by atomic mass is 35.5. The molecule has 0 saturated carbocycles. The van der Waals surface area contributed by atoms with Gasteiger partial charge >= 0.3 is 5.97 Å². The maximum absolute atomic E-state index is 12.2. The summed E-state index contributed by atoms with van der Waals surface area (Å²) in [6, 6.07) is 17.8. The highest BCUT2D eigenvalue weighted by Gasteiger charge is 2.26. The second-order valence-electron chi connectivity index (χ2n) is 11.9. The average molecular weight is 617 g/mol. The van der Waals surface area contributed by atoms with Crippen molar-refractivity contribution in [2.45, 2.75) is 56.9 Å². The number of aromatic nitrogens is 3. The van der Waals surface area contributed by atoms with Gasteiger partial charge in [-0.25, -0.2) is 14.8 Å². The molecule has 3 aliphatic rings. The van der Waals surface area contributed by atoms with Crippen molar-refractivity contribution in [2.24, 2.45) is 0 Å². The van der Waals surface area contributed by atoms with E-state index >= 15 is 0 Å². The summed E-state index contributed by atoms with van der Waals surface area (Å²) < 4.78 is 24.3. The minimum Gasteiger partial charge on any atom is -0.473 e. The van der Waals surface area contributed by atoms with E-state index in [4.69, 9.17) is 40.5 Å². The molecule has 0 N–H and O–H groups in total. The molecular weight excluding hydrogens is 580 g/mol. The molecule has 0 bridgehead atoms. The Bertz CT molecular complexity index is 1640. The van der Waals surface area contributed by atoms with Crippen LogP contribution >= 0.6 is 11.6 Å². The monoisotopic (exact) mass is 616 g/mol. The second-order valence-corrected chi connectivity index (χ2v) is 12.3. The number of piperidine rings is 1. The van der Waals surface area contributed by atoms with Crippen LogP contribution in [0.25, 0.3) is 11.0 Å². The highest BCUT2D eigenvalue weighted by molar-refractivity contribution is 6.31. The first-order valence-electron chi connectivity index (χ1n) is 15.4. The molecule has 3 aliphatic heterocycles. The fourth-order valence-electron chi connectivity index (χ4n) is 6.21. The van der Waals surface area contributed by atoms with Crippen molar-refractivity contribution in [3.8, 4) is 5.88 Å². The van der Waals surface area contributed by atoms with Crippen molar-refractivity contribution in [1.29, 1.82) is 0 Å². The van der Waals surface area contributed by atoms with Crippen LogP contribution in [0.15, 0.2) is 54.6 Å². The zero-order chi connectivity index (χ0) is 30.0. The lowest BCUT2D eigenvalue weighted by Crippen LogP contribution is -2.35. The molecule has 0 unspecified atom stereocenters. The van der Waals surface area contributed by atoms with E-state index in [9.17, 15) is 4.79 Å². The molecule has 7 rings (SSSR count). The fourth-order valence-corrected chi connectivity index (χ4v) is 6.46. The zero-order valence-corrected chi connectivity index (χ0v) is 25.7. The van der Waals surface area contributed by atoms with Crippen LogP contribution < -0.4 is 4.74 Å². The Labute approximate surface area is 262 Å². The Kier molecular flexibility index (Phi) is 8.53. The Hall–Kier alpha value is -3.50. The van der Waals surface area contributed by atoms with Gasteiger partial charge in [-0.15, -0.1) is 0 Å². The number of likely N-dealkylation sites (tertiary alicyclic amines) is 1. The fraction of sp³-hybridized carbons (Fsp3) is 0.441. The number of pyridine rings is 1. The highest BCUT2D eigenvalue weighted by Crippen LogP contribution is 2.31. The Morgan fingerprint density at radius 3 is 2.57 bits per heavy atom. The molecule has 230 valence electrons. The molecule has 0 radical (unpaired) electrons. The molecule has 44 heavy (non-hydrogen) atoms. The minimum absolute atomic E-state index is 0.178. The van der Waals surface area contributed by atoms with Crippen LogP contribution in [-0.4, -0.2) is 71.5 Å². The third-order valence-electron chi connectivity index (χ3n) is 9.11. The van der Waals surface area contributed by atoms with Gasteiger partial charge in [-0.05, 0) is 68.2 Å². The van der Waals surface area contributed by atoms with Crippen molar-refractivity contribution in [3.63, 3.8) is 0 Å². The number of benzene rings is 2. The van der Waals surface area contributed by atoms with Gasteiger partial charge in [0.15, 0.2) is 0 Å². The van der Waals surface area contributed by atoms with Gasteiger partial charge in [-0.1, -0.05) is 29.8 Å². The molecule has 4 aromatic rings. The van der Waals surface area contributed by atoms with Crippen LogP contribution in [0, 0.1) is 0 Å². The molecule has 1 atom stereocenters. The Balaban J connectivity index is 0.985. The lowest BCUT2D eigenvalue weighted by atomic mass is 9.93. The van der Waals surface area contributed by atoms with Gasteiger partial charge in [0, 0.05) is 40.8 Å². The number of halogens is 1. The molecule has 2 aromatic carbocycles. The van der Waals surface area contributed by atoms with Crippen LogP contribution in [0.1, 0.15) is 64.1 Å². The van der Waals surface area contributed by atoms with E-state index in [1.807, 2.05) is 36.4 Å². The summed E-state index contributed by atoms with van der Waals surface area (Å²) in [6.07, 6.45) is 3.23. The van der Waals surface area contributed by atoms with Gasteiger partial charge in [0.2, 0.25) is 5.88 Å². The Morgan fingerprint density at radius 1 is 1.02 bits per heavy atom. The van der Waals surface area contributed by atoms with Crippen LogP contribution in [0.5, 0.6) is 5.88 Å². The lowest BCUT2D eigenvalue weighted by molar-refractivity contribution is -0.0592. The van der Waals surface area contributed by atoms with Crippen LogP contribution in [0.3, 0.4) is 0 Å². The molecule has 5 heterocycles. The molecule has 10 heteroatoms. The second kappa shape index (κ2) is 12.9. The van der Waals surface area contributed by atoms with Crippen molar-refractivity contribution < 1.29 is 23.7 Å². The first kappa shape index (κ1) is 29.2. The summed E-state index contributed by atoms with van der Waals surface area (Å²) in [6.45, 7) is 6.06. The van der Waals surface area contributed by atoms with Gasteiger partial charge in [-0.3, -0.25) is 4.90 Å². The largest absolute Gasteiger partial charge is 0.473 e. The normalized spacial score (nSPS) is 19.5. The van der Waals surface area contributed by atoms with Crippen LogP contribution in [0.4, 0.5) is 0 Å².